The predicted molar refractivity (Wildman–Crippen MR) is 90.2 cm³/mol. The molecule has 0 bridgehead atoms. The van der Waals surface area contributed by atoms with Crippen LogP contribution in [0.1, 0.15) is 24.1 Å². The molecule has 1 aromatic carbocycles. The van der Waals surface area contributed by atoms with E-state index in [9.17, 15) is 26.7 Å². The van der Waals surface area contributed by atoms with Crippen LogP contribution in [0, 0.1) is 6.92 Å². The van der Waals surface area contributed by atoms with Crippen molar-refractivity contribution >= 4 is 31.4 Å². The van der Waals surface area contributed by atoms with E-state index in [1.807, 2.05) is 0 Å². The van der Waals surface area contributed by atoms with Crippen molar-refractivity contribution in [1.29, 1.82) is 0 Å². The van der Waals surface area contributed by atoms with Crippen LogP contribution in [0.3, 0.4) is 0 Å². The largest absolute Gasteiger partial charge is 0.415 e. The van der Waals surface area contributed by atoms with Gasteiger partial charge in [-0.15, -0.1) is 11.3 Å². The Morgan fingerprint density at radius 3 is 2.64 bits per heavy atom. The topological polar surface area (TPSA) is 57.6 Å². The fraction of sp³-hybridized carbons (Fsp3) is 0.500. The van der Waals surface area contributed by atoms with Crippen LogP contribution in [0.4, 0.5) is 13.2 Å². The van der Waals surface area contributed by atoms with E-state index in [0.29, 0.717) is 23.1 Å². The van der Waals surface area contributed by atoms with E-state index in [1.165, 1.54) is 11.3 Å². The lowest BCUT2D eigenvalue weighted by molar-refractivity contribution is -0.219. The molecule has 1 fully saturated rings. The molecule has 0 amide bonds. The summed E-state index contributed by atoms with van der Waals surface area (Å²) in [6, 6.07) is 5.43. The molecule has 1 saturated heterocycles. The van der Waals surface area contributed by atoms with Crippen LogP contribution in [0.25, 0.3) is 10.1 Å². The molecular formula is C16H18F3NO3S2. The van der Waals surface area contributed by atoms with Crippen LogP contribution < -0.4 is 0 Å². The Hall–Kier alpha value is -1.16. The van der Waals surface area contributed by atoms with Crippen molar-refractivity contribution in [1.82, 2.24) is 4.31 Å². The van der Waals surface area contributed by atoms with Gasteiger partial charge in [0.15, 0.2) is 6.10 Å². The first-order valence-electron chi connectivity index (χ1n) is 7.89. The van der Waals surface area contributed by atoms with Gasteiger partial charge in [-0.3, -0.25) is 0 Å². The number of thiophene rings is 1. The number of aliphatic hydroxyl groups is 1. The summed E-state index contributed by atoms with van der Waals surface area (Å²) in [7, 11) is -4.15. The van der Waals surface area contributed by atoms with Crippen molar-refractivity contribution in [2.45, 2.75) is 49.4 Å². The van der Waals surface area contributed by atoms with Gasteiger partial charge >= 0.3 is 6.18 Å². The van der Waals surface area contributed by atoms with Gasteiger partial charge in [-0.1, -0.05) is 24.6 Å². The number of hydrogen-bond donors (Lipinski definition) is 1. The molecule has 25 heavy (non-hydrogen) atoms. The van der Waals surface area contributed by atoms with Crippen LogP contribution in [0.2, 0.25) is 0 Å². The Morgan fingerprint density at radius 2 is 1.96 bits per heavy atom. The number of benzene rings is 1. The summed E-state index contributed by atoms with van der Waals surface area (Å²) in [5, 5.41) is 10.2. The normalized spacial score (nSPS) is 21.6. The van der Waals surface area contributed by atoms with Gasteiger partial charge in [0.2, 0.25) is 10.0 Å². The van der Waals surface area contributed by atoms with Gasteiger partial charge in [0.25, 0.3) is 0 Å². The third kappa shape index (κ3) is 3.30. The molecule has 0 saturated carbocycles. The Balaban J connectivity index is 2.09. The number of alkyl halides is 3. The third-order valence-corrected chi connectivity index (χ3v) is 7.81. The summed E-state index contributed by atoms with van der Waals surface area (Å²) in [5.74, 6) is 0. The van der Waals surface area contributed by atoms with E-state index in [-0.39, 0.29) is 17.9 Å². The first kappa shape index (κ1) is 18.6. The van der Waals surface area contributed by atoms with Crippen LogP contribution in [-0.4, -0.2) is 42.7 Å². The van der Waals surface area contributed by atoms with E-state index < -0.39 is 28.3 Å². The van der Waals surface area contributed by atoms with Gasteiger partial charge in [0.1, 0.15) is 4.90 Å². The van der Waals surface area contributed by atoms with Crippen molar-refractivity contribution in [2.24, 2.45) is 0 Å². The maximum atomic E-state index is 13.2. The van der Waals surface area contributed by atoms with Gasteiger partial charge in [0, 0.05) is 21.5 Å². The predicted octanol–water partition coefficient (Wildman–Crippen LogP) is 3.68. The highest BCUT2D eigenvalue weighted by molar-refractivity contribution is 7.89. The Kier molecular flexibility index (Phi) is 4.87. The zero-order chi connectivity index (χ0) is 18.4. The zero-order valence-electron chi connectivity index (χ0n) is 13.5. The van der Waals surface area contributed by atoms with Crippen LogP contribution in [0.5, 0.6) is 0 Å². The van der Waals surface area contributed by atoms with Gasteiger partial charge < -0.3 is 5.11 Å². The van der Waals surface area contributed by atoms with Gasteiger partial charge in [0.05, 0.1) is 6.04 Å². The van der Waals surface area contributed by atoms with Crippen molar-refractivity contribution in [3.05, 3.63) is 29.1 Å². The Morgan fingerprint density at radius 1 is 1.28 bits per heavy atom. The highest BCUT2D eigenvalue weighted by Gasteiger charge is 2.49. The average Bonchev–Trinajstić information content (AvgIpc) is 2.89. The second-order valence-corrected chi connectivity index (χ2v) is 9.23. The minimum absolute atomic E-state index is 0.0129. The second-order valence-electron chi connectivity index (χ2n) is 6.15. The summed E-state index contributed by atoms with van der Waals surface area (Å²) in [5.41, 5.74) is 0. The molecule has 0 aliphatic carbocycles. The molecule has 9 heteroatoms. The lowest BCUT2D eigenvalue weighted by Crippen LogP contribution is -2.54. The summed E-state index contributed by atoms with van der Waals surface area (Å²) < 4.78 is 67.0. The molecule has 1 aliphatic rings. The monoisotopic (exact) mass is 393 g/mol. The highest BCUT2D eigenvalue weighted by Crippen LogP contribution is 2.39. The molecule has 3 rings (SSSR count). The number of rotatable bonds is 3. The van der Waals surface area contributed by atoms with E-state index >= 15 is 0 Å². The lowest BCUT2D eigenvalue weighted by Gasteiger charge is -2.37. The number of fused-ring (bicyclic) bond motifs is 1. The molecule has 138 valence electrons. The number of halogens is 3. The van der Waals surface area contributed by atoms with Crippen LogP contribution in [-0.2, 0) is 10.0 Å². The molecule has 1 aromatic heterocycles. The molecule has 0 unspecified atom stereocenters. The third-order valence-electron chi connectivity index (χ3n) is 4.48. The minimum atomic E-state index is -4.86. The number of hydrogen-bond acceptors (Lipinski definition) is 4. The number of piperidine rings is 1. The van der Waals surface area contributed by atoms with Gasteiger partial charge in [-0.2, -0.15) is 17.5 Å². The first-order chi connectivity index (χ1) is 11.6. The van der Waals surface area contributed by atoms with Crippen LogP contribution >= 0.6 is 11.3 Å². The SMILES string of the molecule is Cc1sc2ccccc2c1S(=O)(=O)N1CCCC[C@H]1[C@@H](O)C(F)(F)F. The lowest BCUT2D eigenvalue weighted by atomic mass is 9.99. The number of aryl methyl sites for hydroxylation is 1. The van der Waals surface area contributed by atoms with Crippen molar-refractivity contribution in [3.8, 4) is 0 Å². The van der Waals surface area contributed by atoms with Gasteiger partial charge in [-0.05, 0) is 25.8 Å². The fourth-order valence-corrected chi connectivity index (χ4v) is 6.81. The highest BCUT2D eigenvalue weighted by atomic mass is 32.2. The maximum Gasteiger partial charge on any atom is 0.415 e. The summed E-state index contributed by atoms with van der Waals surface area (Å²) in [6.07, 6.45) is -6.63. The smallest absolute Gasteiger partial charge is 0.382 e. The molecular weight excluding hydrogens is 375 g/mol. The van der Waals surface area contributed by atoms with E-state index in [4.69, 9.17) is 0 Å². The molecule has 2 aromatic rings. The maximum absolute atomic E-state index is 13.2. The molecule has 4 nitrogen and oxygen atoms in total. The fourth-order valence-electron chi connectivity index (χ4n) is 3.34. The number of nitrogens with zero attached hydrogens (tertiary/aromatic N) is 1. The Labute approximate surface area is 147 Å². The van der Waals surface area contributed by atoms with Crippen LogP contribution in [0.15, 0.2) is 29.2 Å². The molecule has 1 aliphatic heterocycles. The molecule has 1 N–H and O–H groups in total. The van der Waals surface area contributed by atoms with Crippen molar-refractivity contribution in [3.63, 3.8) is 0 Å². The second kappa shape index (κ2) is 6.53. The zero-order valence-corrected chi connectivity index (χ0v) is 15.1. The van der Waals surface area contributed by atoms with Crippen molar-refractivity contribution < 1.29 is 26.7 Å². The van der Waals surface area contributed by atoms with Crippen molar-refractivity contribution in [2.75, 3.05) is 6.54 Å². The van der Waals surface area contributed by atoms with Gasteiger partial charge in [-0.25, -0.2) is 8.42 Å². The standard InChI is InChI=1S/C16H18F3NO3S2/c1-10-14(11-6-2-3-8-13(11)24-10)25(22,23)20-9-5-4-7-12(20)15(21)16(17,18)19/h2-3,6,8,12,15,21H,4-5,7,9H2,1H3/t12-,15+/m0/s1. The van der Waals surface area contributed by atoms with E-state index in [1.54, 1.807) is 31.2 Å². The molecule has 2 atom stereocenters. The summed E-state index contributed by atoms with van der Waals surface area (Å²) in [6.45, 7) is 1.63. The minimum Gasteiger partial charge on any atom is -0.382 e. The average molecular weight is 393 g/mol. The molecule has 2 heterocycles. The van der Waals surface area contributed by atoms with E-state index in [2.05, 4.69) is 0 Å². The number of sulfonamides is 1. The Bertz CT molecular complexity index is 876. The van der Waals surface area contributed by atoms with E-state index in [0.717, 1.165) is 9.01 Å². The summed E-state index contributed by atoms with van der Waals surface area (Å²) in [4.78, 5) is 0.585. The first-order valence-corrected chi connectivity index (χ1v) is 10.1. The number of aliphatic hydroxyl groups excluding tert-OH is 1. The molecule has 0 radical (unpaired) electrons. The molecule has 0 spiro atoms. The quantitative estimate of drug-likeness (QED) is 0.866. The summed E-state index contributed by atoms with van der Waals surface area (Å²) >= 11 is 1.29.